The second-order valence-corrected chi connectivity index (χ2v) is 9.07. The molecule has 0 spiro atoms. The molecule has 1 aromatic heterocycles. The number of benzene rings is 1. The summed E-state index contributed by atoms with van der Waals surface area (Å²) in [5, 5.41) is 3.77. The summed E-state index contributed by atoms with van der Waals surface area (Å²) in [6, 6.07) is 10.5. The fourth-order valence-electron chi connectivity index (χ4n) is 4.10. The Kier molecular flexibility index (Phi) is 7.01. The molecule has 3 rings (SSSR count). The largest absolute Gasteiger partial charge is 0.425 e. The topological polar surface area (TPSA) is 71.1 Å². The number of Topliss-reactive ketones (excluding diaryl/α,β-unsaturated/α-hetero) is 1. The number of nitrogens with one attached hydrogen (secondary N) is 2. The van der Waals surface area contributed by atoms with E-state index in [0.717, 1.165) is 17.6 Å². The van der Waals surface area contributed by atoms with E-state index in [1.54, 1.807) is 44.2 Å². The van der Waals surface area contributed by atoms with Gasteiger partial charge in [0.1, 0.15) is 0 Å². The molecule has 0 unspecified atom stereocenters. The van der Waals surface area contributed by atoms with E-state index in [1.165, 1.54) is 12.3 Å². The van der Waals surface area contributed by atoms with Crippen molar-refractivity contribution in [3.63, 3.8) is 0 Å². The van der Waals surface area contributed by atoms with Crippen LogP contribution in [0.15, 0.2) is 66.1 Å². The number of amides is 1. The van der Waals surface area contributed by atoms with Gasteiger partial charge in [0.2, 0.25) is 0 Å². The lowest BCUT2D eigenvalue weighted by Crippen LogP contribution is -2.70. The molecule has 35 heavy (non-hydrogen) atoms. The summed E-state index contributed by atoms with van der Waals surface area (Å²) in [6.07, 6.45) is -11.0. The zero-order valence-corrected chi connectivity index (χ0v) is 18.8. The van der Waals surface area contributed by atoms with Gasteiger partial charge in [0, 0.05) is 31.1 Å². The van der Waals surface area contributed by atoms with E-state index in [0.29, 0.717) is 5.56 Å². The summed E-state index contributed by atoms with van der Waals surface area (Å²) in [7, 11) is 0. The van der Waals surface area contributed by atoms with Crippen molar-refractivity contribution in [2.75, 3.05) is 0 Å². The maximum absolute atomic E-state index is 14.5. The second kappa shape index (κ2) is 9.35. The summed E-state index contributed by atoms with van der Waals surface area (Å²) in [5.41, 5.74) is -7.84. The van der Waals surface area contributed by atoms with E-state index in [2.05, 4.69) is 10.3 Å². The zero-order valence-electron chi connectivity index (χ0n) is 18.8. The molecule has 1 aliphatic carbocycles. The van der Waals surface area contributed by atoms with Gasteiger partial charge in [-0.3, -0.25) is 14.6 Å². The van der Waals surface area contributed by atoms with Gasteiger partial charge in [-0.2, -0.15) is 26.3 Å². The van der Waals surface area contributed by atoms with Crippen LogP contribution < -0.4 is 10.6 Å². The number of hydrogen-bond acceptors (Lipinski definition) is 4. The number of carbonyl (C=O) groups excluding carboxylic acids is 2. The van der Waals surface area contributed by atoms with Crippen LogP contribution in [0.25, 0.3) is 0 Å². The average molecular weight is 499 g/mol. The van der Waals surface area contributed by atoms with E-state index < -0.39 is 58.3 Å². The fraction of sp³-hybridized carbons (Fsp3) is 0.375. The Bertz CT molecular complexity index is 1100. The number of hydrogen-bond donors (Lipinski definition) is 2. The van der Waals surface area contributed by atoms with Crippen LogP contribution in [0.5, 0.6) is 0 Å². The third-order valence-corrected chi connectivity index (χ3v) is 5.67. The normalized spacial score (nSPS) is 16.7. The highest BCUT2D eigenvalue weighted by Crippen LogP contribution is 2.52. The number of halogens is 6. The first kappa shape index (κ1) is 26.2. The molecular formula is C24H23F6N3O2. The highest BCUT2D eigenvalue weighted by atomic mass is 19.4. The van der Waals surface area contributed by atoms with E-state index in [9.17, 15) is 35.9 Å². The van der Waals surface area contributed by atoms with Crippen molar-refractivity contribution in [2.45, 2.75) is 51.1 Å². The predicted molar refractivity (Wildman–Crippen MR) is 115 cm³/mol. The molecule has 0 fully saturated rings. The van der Waals surface area contributed by atoms with Crippen LogP contribution in [0.4, 0.5) is 26.3 Å². The molecule has 0 atom stereocenters. The number of rotatable bonds is 6. The van der Waals surface area contributed by atoms with Crippen LogP contribution >= 0.6 is 0 Å². The monoisotopic (exact) mass is 499 g/mol. The molecule has 1 heterocycles. The number of ketones is 1. The molecule has 11 heteroatoms. The smallest absolute Gasteiger partial charge is 0.384 e. The summed E-state index contributed by atoms with van der Waals surface area (Å²) in [4.78, 5) is 29.2. The summed E-state index contributed by atoms with van der Waals surface area (Å²) in [5.74, 6) is -3.02. The molecule has 0 saturated heterocycles. The first-order valence-electron chi connectivity index (χ1n) is 10.6. The molecule has 1 aliphatic rings. The fourth-order valence-corrected chi connectivity index (χ4v) is 4.10. The number of allylic oxidation sites excluding steroid dienone is 1. The van der Waals surface area contributed by atoms with Crippen LogP contribution in [0, 0.1) is 5.41 Å². The highest BCUT2D eigenvalue weighted by molar-refractivity contribution is 6.02. The summed E-state index contributed by atoms with van der Waals surface area (Å²) in [6.45, 7) is 3.03. The van der Waals surface area contributed by atoms with Gasteiger partial charge in [-0.05, 0) is 29.5 Å². The standard InChI is InChI=1S/C24H23F6N3O2/c1-21(2)11-17(32-13-15-7-4-3-5-8-15)19(18(34)12-21)22(23(25,26)27,24(28,29)30)33-20(35)16-9-6-10-31-14-16/h3-10,14,32H,11-13H2,1-2H3,(H,33,35). The van der Waals surface area contributed by atoms with Crippen LogP contribution in [-0.2, 0) is 11.3 Å². The van der Waals surface area contributed by atoms with Crippen molar-refractivity contribution in [3.8, 4) is 0 Å². The van der Waals surface area contributed by atoms with E-state index in [-0.39, 0.29) is 13.0 Å². The lowest BCUT2D eigenvalue weighted by molar-refractivity contribution is -0.290. The average Bonchev–Trinajstić information content (AvgIpc) is 2.75. The first-order valence-corrected chi connectivity index (χ1v) is 10.6. The minimum atomic E-state index is -6.09. The maximum atomic E-state index is 14.5. The highest BCUT2D eigenvalue weighted by Gasteiger charge is 2.75. The Balaban J connectivity index is 2.22. The molecule has 188 valence electrons. The Morgan fingerprint density at radius 1 is 0.971 bits per heavy atom. The third-order valence-electron chi connectivity index (χ3n) is 5.67. The predicted octanol–water partition coefficient (Wildman–Crippen LogP) is 5.11. The summed E-state index contributed by atoms with van der Waals surface area (Å²) >= 11 is 0. The van der Waals surface area contributed by atoms with Gasteiger partial charge < -0.3 is 10.6 Å². The van der Waals surface area contributed by atoms with Gasteiger partial charge in [-0.15, -0.1) is 0 Å². The minimum absolute atomic E-state index is 0.120. The van der Waals surface area contributed by atoms with Crippen molar-refractivity contribution >= 4 is 11.7 Å². The van der Waals surface area contributed by atoms with Crippen LogP contribution in [0.3, 0.4) is 0 Å². The van der Waals surface area contributed by atoms with Gasteiger partial charge in [-0.25, -0.2) is 0 Å². The number of pyridine rings is 1. The van der Waals surface area contributed by atoms with Crippen LogP contribution in [-0.4, -0.2) is 34.6 Å². The van der Waals surface area contributed by atoms with Crippen molar-refractivity contribution in [1.29, 1.82) is 0 Å². The molecule has 0 aliphatic heterocycles. The molecule has 0 saturated carbocycles. The Labute approximate surface area is 197 Å². The molecule has 2 aromatic rings. The Hall–Kier alpha value is -3.37. The van der Waals surface area contributed by atoms with E-state index >= 15 is 0 Å². The van der Waals surface area contributed by atoms with Gasteiger partial charge >= 0.3 is 12.4 Å². The van der Waals surface area contributed by atoms with Crippen molar-refractivity contribution in [1.82, 2.24) is 15.6 Å². The Morgan fingerprint density at radius 3 is 2.14 bits per heavy atom. The van der Waals surface area contributed by atoms with Crippen molar-refractivity contribution < 1.29 is 35.9 Å². The lowest BCUT2D eigenvalue weighted by atomic mass is 9.70. The number of carbonyl (C=O) groups is 2. The Morgan fingerprint density at radius 2 is 1.60 bits per heavy atom. The molecule has 2 N–H and O–H groups in total. The number of nitrogens with zero attached hydrogens (tertiary/aromatic N) is 1. The second-order valence-electron chi connectivity index (χ2n) is 9.07. The van der Waals surface area contributed by atoms with Gasteiger partial charge in [-0.1, -0.05) is 44.2 Å². The molecule has 0 bridgehead atoms. The van der Waals surface area contributed by atoms with Gasteiger partial charge in [0.25, 0.3) is 11.4 Å². The number of alkyl halides is 6. The molecule has 5 nitrogen and oxygen atoms in total. The van der Waals surface area contributed by atoms with Crippen LogP contribution in [0.1, 0.15) is 42.6 Å². The summed E-state index contributed by atoms with van der Waals surface area (Å²) < 4.78 is 86.8. The molecule has 1 amide bonds. The molecule has 0 radical (unpaired) electrons. The molecule has 1 aromatic carbocycles. The zero-order chi connectivity index (χ0) is 26.1. The third kappa shape index (κ3) is 5.33. The molecular weight excluding hydrogens is 476 g/mol. The lowest BCUT2D eigenvalue weighted by Gasteiger charge is -2.43. The van der Waals surface area contributed by atoms with Crippen molar-refractivity contribution in [3.05, 3.63) is 77.3 Å². The SMILES string of the molecule is CC1(C)CC(=O)C(C(NC(=O)c2cccnc2)(C(F)(F)F)C(F)(F)F)=C(NCc2ccccc2)C1. The van der Waals surface area contributed by atoms with Crippen molar-refractivity contribution in [2.24, 2.45) is 5.41 Å². The maximum Gasteiger partial charge on any atom is 0.425 e. The number of aromatic nitrogens is 1. The van der Waals surface area contributed by atoms with Crippen LogP contribution in [0.2, 0.25) is 0 Å². The first-order chi connectivity index (χ1) is 16.2. The van der Waals surface area contributed by atoms with Gasteiger partial charge in [0.15, 0.2) is 5.78 Å². The van der Waals surface area contributed by atoms with E-state index in [4.69, 9.17) is 0 Å². The minimum Gasteiger partial charge on any atom is -0.384 e. The van der Waals surface area contributed by atoms with Gasteiger partial charge in [0.05, 0.1) is 11.1 Å². The quantitative estimate of drug-likeness (QED) is 0.542. The van der Waals surface area contributed by atoms with E-state index in [1.807, 2.05) is 0 Å².